The average Bonchev–Trinajstić information content (AvgIpc) is 2.99. The molecule has 0 bridgehead atoms. The Hall–Kier alpha value is -3.80. The fourth-order valence-electron chi connectivity index (χ4n) is 3.34. The van der Waals surface area contributed by atoms with E-state index in [4.69, 9.17) is 0 Å². The fraction of sp³-hybridized carbons (Fsp3) is 0.0833. The first-order valence-electron chi connectivity index (χ1n) is 9.46. The Labute approximate surface area is 172 Å². The number of anilines is 1. The van der Waals surface area contributed by atoms with Crippen LogP contribution in [0.25, 0.3) is 5.57 Å². The molecule has 150 valence electrons. The van der Waals surface area contributed by atoms with E-state index in [-0.39, 0.29) is 17.8 Å². The normalized spacial score (nSPS) is 13.9. The molecule has 4 rings (SSSR count). The van der Waals surface area contributed by atoms with Crippen molar-refractivity contribution >= 4 is 23.1 Å². The quantitative estimate of drug-likeness (QED) is 0.620. The number of rotatable bonds is 6. The number of amides is 2. The highest BCUT2D eigenvalue weighted by atomic mass is 19.1. The molecule has 2 amide bonds. The van der Waals surface area contributed by atoms with E-state index in [9.17, 15) is 18.4 Å². The van der Waals surface area contributed by atoms with Crippen molar-refractivity contribution in [1.29, 1.82) is 0 Å². The lowest BCUT2D eigenvalue weighted by Crippen LogP contribution is -2.34. The topological polar surface area (TPSA) is 49.4 Å². The van der Waals surface area contributed by atoms with Crippen molar-refractivity contribution < 1.29 is 18.4 Å². The molecule has 6 heteroatoms. The van der Waals surface area contributed by atoms with E-state index in [2.05, 4.69) is 5.32 Å². The molecule has 30 heavy (non-hydrogen) atoms. The van der Waals surface area contributed by atoms with Crippen LogP contribution in [0, 0.1) is 11.6 Å². The molecule has 0 unspecified atom stereocenters. The molecule has 3 aromatic carbocycles. The summed E-state index contributed by atoms with van der Waals surface area (Å²) in [5, 5.41) is 2.95. The van der Waals surface area contributed by atoms with Crippen LogP contribution in [0.15, 0.2) is 84.6 Å². The van der Waals surface area contributed by atoms with Crippen LogP contribution in [0.5, 0.6) is 0 Å². The molecule has 1 aliphatic rings. The minimum absolute atomic E-state index is 0.0891. The summed E-state index contributed by atoms with van der Waals surface area (Å²) in [6.45, 7) is 0.209. The summed E-state index contributed by atoms with van der Waals surface area (Å²) < 4.78 is 26.6. The molecule has 0 saturated heterocycles. The largest absolute Gasteiger partial charge is 0.350 e. The number of nitrogens with one attached hydrogen (secondary N) is 1. The van der Waals surface area contributed by atoms with Crippen molar-refractivity contribution in [2.45, 2.75) is 6.42 Å². The molecule has 0 saturated carbocycles. The van der Waals surface area contributed by atoms with Crippen LogP contribution in [0.4, 0.5) is 14.5 Å². The monoisotopic (exact) mass is 404 g/mol. The zero-order chi connectivity index (χ0) is 21.1. The van der Waals surface area contributed by atoms with E-state index < -0.39 is 23.4 Å². The van der Waals surface area contributed by atoms with Crippen LogP contribution in [-0.4, -0.2) is 23.3 Å². The second kappa shape index (κ2) is 8.29. The Morgan fingerprint density at radius 1 is 0.733 bits per heavy atom. The Balaban J connectivity index is 1.66. The lowest BCUT2D eigenvalue weighted by molar-refractivity contribution is -0.136. The third-order valence-corrected chi connectivity index (χ3v) is 4.88. The van der Waals surface area contributed by atoms with Gasteiger partial charge < -0.3 is 5.32 Å². The number of imide groups is 1. The maximum Gasteiger partial charge on any atom is 0.278 e. The van der Waals surface area contributed by atoms with Crippen molar-refractivity contribution in [3.05, 3.63) is 107 Å². The summed E-state index contributed by atoms with van der Waals surface area (Å²) in [5.74, 6) is -1.77. The highest BCUT2D eigenvalue weighted by Gasteiger charge is 2.38. The fourth-order valence-corrected chi connectivity index (χ4v) is 3.34. The summed E-state index contributed by atoms with van der Waals surface area (Å²) in [7, 11) is 0. The smallest absolute Gasteiger partial charge is 0.278 e. The zero-order valence-electron chi connectivity index (χ0n) is 15.9. The molecule has 1 heterocycles. The van der Waals surface area contributed by atoms with Crippen LogP contribution in [0.2, 0.25) is 0 Å². The summed E-state index contributed by atoms with van der Waals surface area (Å²) >= 11 is 0. The number of halogens is 2. The first kappa shape index (κ1) is 19.5. The molecule has 0 atom stereocenters. The van der Waals surface area contributed by atoms with Gasteiger partial charge in [-0.3, -0.25) is 14.5 Å². The minimum Gasteiger partial charge on any atom is -0.350 e. The molecule has 0 aromatic heterocycles. The summed E-state index contributed by atoms with van der Waals surface area (Å²) in [5.41, 5.74) is 2.16. The SMILES string of the molecule is O=C1C(Nc2ccc(F)cc2)=C(c2ccc(F)cc2)C(=O)N1CCc1ccccc1. The maximum absolute atomic E-state index is 13.4. The molecule has 0 radical (unpaired) electrons. The van der Waals surface area contributed by atoms with Gasteiger partial charge in [0, 0.05) is 12.2 Å². The molecular weight excluding hydrogens is 386 g/mol. The molecule has 0 fully saturated rings. The van der Waals surface area contributed by atoms with E-state index in [0.29, 0.717) is 17.7 Å². The van der Waals surface area contributed by atoms with Crippen LogP contribution in [-0.2, 0) is 16.0 Å². The lowest BCUT2D eigenvalue weighted by atomic mass is 10.0. The lowest BCUT2D eigenvalue weighted by Gasteiger charge is -2.15. The van der Waals surface area contributed by atoms with Crippen molar-refractivity contribution in [2.75, 3.05) is 11.9 Å². The molecular formula is C24H18F2N2O2. The second-order valence-corrected chi connectivity index (χ2v) is 6.89. The molecule has 3 aromatic rings. The first-order valence-corrected chi connectivity index (χ1v) is 9.46. The summed E-state index contributed by atoms with van der Waals surface area (Å²) in [6, 6.07) is 20.4. The molecule has 1 N–H and O–H groups in total. The van der Waals surface area contributed by atoms with Gasteiger partial charge >= 0.3 is 0 Å². The highest BCUT2D eigenvalue weighted by molar-refractivity contribution is 6.36. The van der Waals surface area contributed by atoms with Gasteiger partial charge in [0.25, 0.3) is 11.8 Å². The molecule has 0 aliphatic carbocycles. The van der Waals surface area contributed by atoms with Crippen molar-refractivity contribution in [3.8, 4) is 0 Å². The van der Waals surface area contributed by atoms with Gasteiger partial charge in [-0.05, 0) is 53.9 Å². The predicted octanol–water partition coefficient (Wildman–Crippen LogP) is 4.40. The Bertz CT molecular complexity index is 1110. The summed E-state index contributed by atoms with van der Waals surface area (Å²) in [6.07, 6.45) is 0.513. The number of hydrogen-bond donors (Lipinski definition) is 1. The number of carbonyl (C=O) groups is 2. The van der Waals surface area contributed by atoms with E-state index in [1.807, 2.05) is 30.3 Å². The molecule has 4 nitrogen and oxygen atoms in total. The standard InChI is InChI=1S/C24H18F2N2O2/c25-18-8-6-17(7-9-18)21-22(27-20-12-10-19(26)11-13-20)24(30)28(23(21)29)15-14-16-4-2-1-3-5-16/h1-13,27H,14-15H2. The molecule has 0 spiro atoms. The number of hydrogen-bond acceptors (Lipinski definition) is 3. The number of carbonyl (C=O) groups excluding carboxylic acids is 2. The Kier molecular flexibility index (Phi) is 5.39. The van der Waals surface area contributed by atoms with Crippen LogP contribution in [0.3, 0.4) is 0 Å². The van der Waals surface area contributed by atoms with Gasteiger partial charge in [-0.1, -0.05) is 42.5 Å². The molecule has 1 aliphatic heterocycles. The van der Waals surface area contributed by atoms with Gasteiger partial charge in [0.2, 0.25) is 0 Å². The van der Waals surface area contributed by atoms with Gasteiger partial charge in [0.1, 0.15) is 17.3 Å². The highest BCUT2D eigenvalue weighted by Crippen LogP contribution is 2.30. The van der Waals surface area contributed by atoms with E-state index >= 15 is 0 Å². The van der Waals surface area contributed by atoms with Crippen LogP contribution < -0.4 is 5.32 Å². The van der Waals surface area contributed by atoms with Crippen LogP contribution in [0.1, 0.15) is 11.1 Å². The average molecular weight is 404 g/mol. The first-order chi connectivity index (χ1) is 14.5. The van der Waals surface area contributed by atoms with E-state index in [1.165, 1.54) is 53.4 Å². The van der Waals surface area contributed by atoms with Gasteiger partial charge in [0.05, 0.1) is 5.57 Å². The number of benzene rings is 3. The van der Waals surface area contributed by atoms with Gasteiger partial charge in [-0.2, -0.15) is 0 Å². The van der Waals surface area contributed by atoms with Crippen molar-refractivity contribution in [2.24, 2.45) is 0 Å². The second-order valence-electron chi connectivity index (χ2n) is 6.89. The minimum atomic E-state index is -0.473. The van der Waals surface area contributed by atoms with Crippen molar-refractivity contribution in [3.63, 3.8) is 0 Å². The van der Waals surface area contributed by atoms with Gasteiger partial charge in [-0.25, -0.2) is 8.78 Å². The van der Waals surface area contributed by atoms with Gasteiger partial charge in [-0.15, -0.1) is 0 Å². The van der Waals surface area contributed by atoms with Crippen LogP contribution >= 0.6 is 0 Å². The predicted molar refractivity (Wildman–Crippen MR) is 110 cm³/mol. The Morgan fingerprint density at radius 3 is 1.97 bits per heavy atom. The third-order valence-electron chi connectivity index (χ3n) is 4.88. The summed E-state index contributed by atoms with van der Waals surface area (Å²) in [4.78, 5) is 27.4. The zero-order valence-corrected chi connectivity index (χ0v) is 15.9. The maximum atomic E-state index is 13.4. The van der Waals surface area contributed by atoms with Gasteiger partial charge in [0.15, 0.2) is 0 Å². The van der Waals surface area contributed by atoms with E-state index in [1.54, 1.807) is 0 Å². The number of nitrogens with zero attached hydrogens (tertiary/aromatic N) is 1. The third kappa shape index (κ3) is 3.98. The van der Waals surface area contributed by atoms with Crippen molar-refractivity contribution in [1.82, 2.24) is 4.90 Å². The Morgan fingerprint density at radius 2 is 1.33 bits per heavy atom. The van der Waals surface area contributed by atoms with E-state index in [0.717, 1.165) is 5.56 Å².